The lowest BCUT2D eigenvalue weighted by molar-refractivity contribution is -0.148. The molecule has 0 unspecified atom stereocenters. The van der Waals surface area contributed by atoms with Crippen molar-refractivity contribution in [1.82, 2.24) is 9.78 Å². The molecule has 0 radical (unpaired) electrons. The van der Waals surface area contributed by atoms with Crippen LogP contribution >= 0.6 is 0 Å². The number of hydrogen-bond acceptors (Lipinski definition) is 3. The van der Waals surface area contributed by atoms with Crippen LogP contribution in [-0.4, -0.2) is 34.1 Å². The number of rotatable bonds is 2. The van der Waals surface area contributed by atoms with Crippen LogP contribution in [0.5, 0.6) is 0 Å². The molecule has 0 saturated carbocycles. The summed E-state index contributed by atoms with van der Waals surface area (Å²) in [6.07, 6.45) is 2.67. The van der Waals surface area contributed by atoms with Gasteiger partial charge in [-0.15, -0.1) is 0 Å². The second-order valence-corrected chi connectivity index (χ2v) is 3.84. The molecule has 1 aromatic heterocycles. The fourth-order valence-electron chi connectivity index (χ4n) is 2.14. The number of carbonyl (C=O) groups is 1. The number of carboxylic acids is 1. The predicted molar refractivity (Wildman–Crippen MR) is 52.6 cm³/mol. The molecule has 0 atom stereocenters. The van der Waals surface area contributed by atoms with Crippen molar-refractivity contribution in [1.29, 1.82) is 0 Å². The van der Waals surface area contributed by atoms with Crippen LogP contribution in [0.1, 0.15) is 18.5 Å². The quantitative estimate of drug-likeness (QED) is 0.774. The first kappa shape index (κ1) is 10.2. The third-order valence-electron chi connectivity index (χ3n) is 3.07. The molecular formula is C10H14N2O3. The molecule has 1 fully saturated rings. The van der Waals surface area contributed by atoms with Crippen LogP contribution in [0.2, 0.25) is 0 Å². The maximum atomic E-state index is 11.4. The molecule has 1 N–H and O–H groups in total. The molecule has 0 bridgehead atoms. The highest BCUT2D eigenvalue weighted by molar-refractivity contribution is 5.80. The van der Waals surface area contributed by atoms with Gasteiger partial charge in [0.05, 0.1) is 5.69 Å². The fourth-order valence-corrected chi connectivity index (χ4v) is 2.14. The Bertz CT molecular complexity index is 366. The van der Waals surface area contributed by atoms with Gasteiger partial charge in [0, 0.05) is 26.5 Å². The van der Waals surface area contributed by atoms with Crippen LogP contribution < -0.4 is 0 Å². The average molecular weight is 210 g/mol. The van der Waals surface area contributed by atoms with E-state index in [2.05, 4.69) is 5.10 Å². The molecule has 0 spiro atoms. The Morgan fingerprint density at radius 3 is 2.73 bits per heavy atom. The van der Waals surface area contributed by atoms with Crippen molar-refractivity contribution in [3.63, 3.8) is 0 Å². The van der Waals surface area contributed by atoms with Gasteiger partial charge in [-0.2, -0.15) is 5.10 Å². The Hall–Kier alpha value is -1.36. The summed E-state index contributed by atoms with van der Waals surface area (Å²) in [5.74, 6) is -0.783. The van der Waals surface area contributed by atoms with E-state index in [1.54, 1.807) is 24.0 Å². The number of aryl methyl sites for hydroxylation is 1. The SMILES string of the molecule is Cn1nccc1C1(C(=O)O)CCOCC1. The fraction of sp³-hybridized carbons (Fsp3) is 0.600. The molecule has 1 saturated heterocycles. The molecular weight excluding hydrogens is 196 g/mol. The molecule has 2 heterocycles. The van der Waals surface area contributed by atoms with Crippen molar-refractivity contribution < 1.29 is 14.6 Å². The van der Waals surface area contributed by atoms with Gasteiger partial charge in [-0.05, 0) is 18.9 Å². The van der Waals surface area contributed by atoms with Gasteiger partial charge < -0.3 is 9.84 Å². The normalized spacial score (nSPS) is 20.1. The highest BCUT2D eigenvalue weighted by Gasteiger charge is 2.43. The van der Waals surface area contributed by atoms with Crippen LogP contribution in [0.4, 0.5) is 0 Å². The molecule has 0 aliphatic carbocycles. The van der Waals surface area contributed by atoms with Gasteiger partial charge in [0.1, 0.15) is 5.41 Å². The number of aliphatic carboxylic acids is 1. The zero-order chi connectivity index (χ0) is 10.9. The first-order chi connectivity index (χ1) is 7.17. The van der Waals surface area contributed by atoms with Gasteiger partial charge in [-0.25, -0.2) is 0 Å². The van der Waals surface area contributed by atoms with E-state index in [1.165, 1.54) is 0 Å². The Morgan fingerprint density at radius 1 is 1.60 bits per heavy atom. The van der Waals surface area contributed by atoms with Crippen LogP contribution in [-0.2, 0) is 22.0 Å². The third kappa shape index (κ3) is 1.52. The van der Waals surface area contributed by atoms with E-state index in [-0.39, 0.29) is 0 Å². The first-order valence-electron chi connectivity index (χ1n) is 4.96. The molecule has 15 heavy (non-hydrogen) atoms. The Morgan fingerprint density at radius 2 is 2.27 bits per heavy atom. The summed E-state index contributed by atoms with van der Waals surface area (Å²) < 4.78 is 6.86. The highest BCUT2D eigenvalue weighted by atomic mass is 16.5. The van der Waals surface area contributed by atoms with Crippen molar-refractivity contribution in [2.45, 2.75) is 18.3 Å². The minimum absolute atomic E-state index is 0.498. The van der Waals surface area contributed by atoms with Crippen LogP contribution in [0.3, 0.4) is 0 Å². The maximum absolute atomic E-state index is 11.4. The zero-order valence-electron chi connectivity index (χ0n) is 8.64. The van der Waals surface area contributed by atoms with Gasteiger partial charge in [0.15, 0.2) is 0 Å². The van der Waals surface area contributed by atoms with Gasteiger partial charge in [0.25, 0.3) is 0 Å². The maximum Gasteiger partial charge on any atom is 0.315 e. The Balaban J connectivity index is 2.42. The van der Waals surface area contributed by atoms with Gasteiger partial charge >= 0.3 is 5.97 Å². The van der Waals surface area contributed by atoms with Crippen molar-refractivity contribution in [2.24, 2.45) is 7.05 Å². The standard InChI is InChI=1S/C10H14N2O3/c1-12-8(2-5-11-12)10(9(13)14)3-6-15-7-4-10/h2,5H,3-4,6-7H2,1H3,(H,13,14). The topological polar surface area (TPSA) is 64.4 Å². The van der Waals surface area contributed by atoms with E-state index in [4.69, 9.17) is 4.74 Å². The minimum Gasteiger partial charge on any atom is -0.481 e. The number of hydrogen-bond donors (Lipinski definition) is 1. The summed E-state index contributed by atoms with van der Waals surface area (Å²) in [7, 11) is 1.77. The van der Waals surface area contributed by atoms with Crippen LogP contribution in [0.25, 0.3) is 0 Å². The lowest BCUT2D eigenvalue weighted by Gasteiger charge is -2.32. The molecule has 1 aliphatic heterocycles. The number of ether oxygens (including phenoxy) is 1. The summed E-state index contributed by atoms with van der Waals surface area (Å²) in [5.41, 5.74) is -0.0537. The molecule has 0 aromatic carbocycles. The summed E-state index contributed by atoms with van der Waals surface area (Å²) in [4.78, 5) is 11.4. The summed E-state index contributed by atoms with van der Waals surface area (Å²) in [6, 6.07) is 1.78. The smallest absolute Gasteiger partial charge is 0.315 e. The van der Waals surface area contributed by atoms with Crippen molar-refractivity contribution >= 4 is 5.97 Å². The third-order valence-corrected chi connectivity index (χ3v) is 3.07. The molecule has 1 aromatic rings. The monoisotopic (exact) mass is 210 g/mol. The predicted octanol–water partition coefficient (Wildman–Crippen LogP) is 0.553. The number of nitrogens with zero attached hydrogens (tertiary/aromatic N) is 2. The van der Waals surface area contributed by atoms with E-state index in [0.29, 0.717) is 26.1 Å². The summed E-state index contributed by atoms with van der Waals surface area (Å²) >= 11 is 0. The molecule has 2 rings (SSSR count). The largest absolute Gasteiger partial charge is 0.481 e. The van der Waals surface area contributed by atoms with Crippen LogP contribution in [0.15, 0.2) is 12.3 Å². The molecule has 82 valence electrons. The van der Waals surface area contributed by atoms with E-state index in [9.17, 15) is 9.90 Å². The van der Waals surface area contributed by atoms with Crippen molar-refractivity contribution in [2.75, 3.05) is 13.2 Å². The Kier molecular flexibility index (Phi) is 2.48. The lowest BCUT2D eigenvalue weighted by atomic mass is 9.77. The summed E-state index contributed by atoms with van der Waals surface area (Å²) in [6.45, 7) is 0.995. The van der Waals surface area contributed by atoms with E-state index < -0.39 is 11.4 Å². The van der Waals surface area contributed by atoms with Gasteiger partial charge in [-0.3, -0.25) is 9.48 Å². The van der Waals surface area contributed by atoms with Gasteiger partial charge in [-0.1, -0.05) is 0 Å². The molecule has 5 heteroatoms. The molecule has 5 nitrogen and oxygen atoms in total. The second-order valence-electron chi connectivity index (χ2n) is 3.84. The van der Waals surface area contributed by atoms with E-state index in [1.807, 2.05) is 0 Å². The van der Waals surface area contributed by atoms with Crippen LogP contribution in [0, 0.1) is 0 Å². The number of aromatic nitrogens is 2. The Labute approximate surface area is 87.7 Å². The minimum atomic E-state index is -0.816. The number of carboxylic acid groups (broad SMARTS) is 1. The first-order valence-corrected chi connectivity index (χ1v) is 4.96. The van der Waals surface area contributed by atoms with Crippen molar-refractivity contribution in [3.05, 3.63) is 18.0 Å². The van der Waals surface area contributed by atoms with E-state index >= 15 is 0 Å². The molecule has 0 amide bonds. The second kappa shape index (κ2) is 3.66. The molecule has 1 aliphatic rings. The van der Waals surface area contributed by atoms with Crippen molar-refractivity contribution in [3.8, 4) is 0 Å². The summed E-state index contributed by atoms with van der Waals surface area (Å²) in [5, 5.41) is 13.4. The lowest BCUT2D eigenvalue weighted by Crippen LogP contribution is -2.42. The van der Waals surface area contributed by atoms with E-state index in [0.717, 1.165) is 5.69 Å². The van der Waals surface area contributed by atoms with Gasteiger partial charge in [0.2, 0.25) is 0 Å². The average Bonchev–Trinajstić information content (AvgIpc) is 2.66. The highest BCUT2D eigenvalue weighted by Crippen LogP contribution is 2.34. The zero-order valence-corrected chi connectivity index (χ0v) is 8.64.